The minimum absolute atomic E-state index is 0. The molecule has 0 saturated heterocycles. The second-order valence-electron chi connectivity index (χ2n) is 17.7. The van der Waals surface area contributed by atoms with E-state index >= 15 is 0 Å². The van der Waals surface area contributed by atoms with E-state index in [1.165, 1.54) is 19.6 Å². The van der Waals surface area contributed by atoms with Gasteiger partial charge in [0.25, 0.3) is 0 Å². The third kappa shape index (κ3) is 29.4. The summed E-state index contributed by atoms with van der Waals surface area (Å²) in [6, 6.07) is 0.271. The topological polar surface area (TPSA) is 144 Å². The number of nitrogens with zero attached hydrogens (tertiary/aromatic N) is 1. The van der Waals surface area contributed by atoms with E-state index in [2.05, 4.69) is 76.9 Å². The number of rotatable bonds is 16. The Hall–Kier alpha value is 0.121. The molecule has 334 valence electrons. The van der Waals surface area contributed by atoms with Crippen LogP contribution in [0.2, 0.25) is 55.9 Å². The van der Waals surface area contributed by atoms with Gasteiger partial charge in [0.15, 0.2) is 16.6 Å². The lowest BCUT2D eigenvalue weighted by atomic mass is 10.1. The van der Waals surface area contributed by atoms with Gasteiger partial charge in [0.2, 0.25) is 8.32 Å². The summed E-state index contributed by atoms with van der Waals surface area (Å²) in [5.74, 6) is 0. The van der Waals surface area contributed by atoms with Gasteiger partial charge in [-0.15, -0.1) is 0 Å². The van der Waals surface area contributed by atoms with Crippen LogP contribution in [0.4, 0.5) is 18.0 Å². The van der Waals surface area contributed by atoms with Crippen LogP contribution in [0.5, 0.6) is 0 Å². The molecule has 0 saturated carbocycles. The Kier molecular flexibility index (Phi) is 33.0. The minimum Gasteiger partial charge on any atom is -0.444 e. The summed E-state index contributed by atoms with van der Waals surface area (Å²) in [5.41, 5.74) is -5.83. The third-order valence-corrected chi connectivity index (χ3v) is 21.0. The highest BCUT2D eigenvalue weighted by Crippen LogP contribution is 2.37. The fourth-order valence-electron chi connectivity index (χ4n) is 3.27. The Morgan fingerprint density at radius 3 is 1.41 bits per heavy atom. The zero-order valence-corrected chi connectivity index (χ0v) is 41.9. The Balaban J connectivity index is -0.000000164. The summed E-state index contributed by atoms with van der Waals surface area (Å²) in [6.07, 6.45) is 2.80. The number of carbonyl (C=O) groups excluding carboxylic acids is 1. The number of alkyl halides is 3. The second kappa shape index (κ2) is 27.0. The van der Waals surface area contributed by atoms with Gasteiger partial charge in [-0.05, 0) is 109 Å². The molecule has 0 aliphatic heterocycles. The molecule has 0 bridgehead atoms. The SMILES string of the molecule is C.CN(C(=O)OC(C)(C)C)[C@@H](CCCO)CO[Si](C)(C)C(C)(C)C.CN[C@@H](CCCO)CO[Si](C)(C)C(C)(C)C.C[Si](C)(C)OS(=O)(=O)C(F)(F)F.S.S. The monoisotopic (exact) mass is 900 g/mol. The van der Waals surface area contributed by atoms with Gasteiger partial charge in [0, 0.05) is 32.9 Å². The van der Waals surface area contributed by atoms with Gasteiger partial charge in [-0.2, -0.15) is 48.6 Å². The molecular weight excluding hydrogens is 818 g/mol. The van der Waals surface area contributed by atoms with Crippen molar-refractivity contribution < 1.29 is 54.1 Å². The predicted molar refractivity (Wildman–Crippen MR) is 236 cm³/mol. The zero-order valence-electron chi connectivity index (χ0n) is 36.1. The van der Waals surface area contributed by atoms with E-state index in [0.29, 0.717) is 25.5 Å². The molecule has 0 aliphatic carbocycles. The quantitative estimate of drug-likeness (QED) is 0.102. The van der Waals surface area contributed by atoms with Gasteiger partial charge in [-0.1, -0.05) is 49.0 Å². The van der Waals surface area contributed by atoms with Crippen LogP contribution < -0.4 is 5.32 Å². The maximum absolute atomic E-state index is 12.3. The van der Waals surface area contributed by atoms with E-state index in [1.54, 1.807) is 11.9 Å². The van der Waals surface area contributed by atoms with Gasteiger partial charge in [-0.25, -0.2) is 4.79 Å². The molecule has 20 heteroatoms. The van der Waals surface area contributed by atoms with Crippen LogP contribution >= 0.6 is 27.0 Å². The molecule has 1 amide bonds. The average Bonchev–Trinajstić information content (AvgIpc) is 2.89. The highest BCUT2D eigenvalue weighted by Gasteiger charge is 2.49. The van der Waals surface area contributed by atoms with Gasteiger partial charge in [0.05, 0.1) is 12.6 Å². The molecule has 0 rings (SSSR count). The van der Waals surface area contributed by atoms with Crippen molar-refractivity contribution in [2.75, 3.05) is 40.5 Å². The molecule has 54 heavy (non-hydrogen) atoms. The molecule has 0 aromatic heterocycles. The lowest BCUT2D eigenvalue weighted by molar-refractivity contribution is -0.0503. The molecule has 0 unspecified atom stereocenters. The Bertz CT molecular complexity index is 1100. The van der Waals surface area contributed by atoms with E-state index < -0.39 is 46.2 Å². The maximum atomic E-state index is 12.3. The van der Waals surface area contributed by atoms with Crippen LogP contribution in [-0.4, -0.2) is 118 Å². The molecule has 11 nitrogen and oxygen atoms in total. The fourth-order valence-corrected chi connectivity index (χ4v) is 8.37. The molecule has 0 radical (unpaired) electrons. The largest absolute Gasteiger partial charge is 0.522 e. The Morgan fingerprint density at radius 2 is 1.13 bits per heavy atom. The highest BCUT2D eigenvalue weighted by molar-refractivity contribution is 7.88. The molecule has 0 fully saturated rings. The number of likely N-dealkylation sites (N-methyl/N-ethyl adjacent to an activating group) is 2. The smallest absolute Gasteiger partial charge is 0.444 e. The lowest BCUT2D eigenvalue weighted by Crippen LogP contribution is -2.47. The first-order chi connectivity index (χ1) is 22.4. The second-order valence-corrected chi connectivity index (χ2v) is 33.6. The minimum atomic E-state index is -5.39. The van der Waals surface area contributed by atoms with Crippen LogP contribution in [0.15, 0.2) is 0 Å². The van der Waals surface area contributed by atoms with Gasteiger partial charge >= 0.3 is 21.7 Å². The van der Waals surface area contributed by atoms with Crippen molar-refractivity contribution in [1.82, 2.24) is 10.2 Å². The number of ether oxygens (including phenoxy) is 1. The summed E-state index contributed by atoms with van der Waals surface area (Å²) < 4.78 is 77.5. The fraction of sp³-hybridized carbons (Fsp3) is 0.971. The molecule has 0 aromatic rings. The number of hydrogen-bond acceptors (Lipinski definition) is 10. The van der Waals surface area contributed by atoms with Crippen molar-refractivity contribution in [2.24, 2.45) is 0 Å². The molecule has 0 aliphatic rings. The van der Waals surface area contributed by atoms with E-state index in [9.17, 15) is 26.4 Å². The summed E-state index contributed by atoms with van der Waals surface area (Å²) in [7, 11) is -7.91. The van der Waals surface area contributed by atoms with Crippen LogP contribution in [0.1, 0.15) is 95.4 Å². The van der Waals surface area contributed by atoms with E-state index in [4.69, 9.17) is 23.8 Å². The van der Waals surface area contributed by atoms with Crippen molar-refractivity contribution in [3.8, 4) is 0 Å². The van der Waals surface area contributed by atoms with Crippen LogP contribution in [-0.2, 0) is 27.6 Å². The standard InChI is InChI=1S/C17H37NO4Si.C12H29NO2Si.C4H9F3O3SSi.CH4.2H2S/c1-16(2,3)22-15(20)18(7)14(11-10-12-19)13-21-23(8,9)17(4,5)6;1-12(2,3)16(5,6)15-10-11(13-4)8-7-9-14;1-12(2,3)10-11(8,9)4(5,6)7;;;/h14,19H,10-13H2,1-9H3;11,13-14H,7-10H2,1-6H3;1-3H3;1H4;2*1H2/t14-;11-;;;;/m00..../s1. The first-order valence-electron chi connectivity index (χ1n) is 17.6. The van der Waals surface area contributed by atoms with Gasteiger partial charge in [-0.3, -0.25) is 0 Å². The first-order valence-corrected chi connectivity index (χ1v) is 28.2. The third-order valence-electron chi connectivity index (χ3n) is 8.58. The van der Waals surface area contributed by atoms with E-state index in [1.807, 2.05) is 27.8 Å². The molecule has 0 aromatic carbocycles. The van der Waals surface area contributed by atoms with Crippen LogP contribution in [0.3, 0.4) is 0 Å². The van der Waals surface area contributed by atoms with Crippen molar-refractivity contribution in [1.29, 1.82) is 0 Å². The van der Waals surface area contributed by atoms with E-state index in [-0.39, 0.29) is 69.8 Å². The number of aliphatic hydroxyl groups is 2. The number of aliphatic hydroxyl groups excluding tert-OH is 2. The maximum Gasteiger partial charge on any atom is 0.522 e. The predicted octanol–water partition coefficient (Wildman–Crippen LogP) is 8.93. The van der Waals surface area contributed by atoms with Crippen molar-refractivity contribution >= 4 is 68.2 Å². The summed E-state index contributed by atoms with van der Waals surface area (Å²) in [4.78, 5) is 13.9. The summed E-state index contributed by atoms with van der Waals surface area (Å²) >= 11 is 0. The van der Waals surface area contributed by atoms with Crippen molar-refractivity contribution in [3.63, 3.8) is 0 Å². The molecule has 0 spiro atoms. The van der Waals surface area contributed by atoms with Gasteiger partial charge < -0.3 is 37.9 Å². The van der Waals surface area contributed by atoms with Gasteiger partial charge in [0.1, 0.15) is 5.60 Å². The lowest BCUT2D eigenvalue weighted by Gasteiger charge is -2.39. The zero-order chi connectivity index (χ0) is 41.5. The number of nitrogens with one attached hydrogen (secondary N) is 1. The van der Waals surface area contributed by atoms with E-state index in [0.717, 1.165) is 19.4 Å². The molecular formula is C34H83F3N2O9S3Si3. The first kappa shape index (κ1) is 66.0. The number of hydrogen-bond donors (Lipinski definition) is 3. The number of amides is 1. The van der Waals surface area contributed by atoms with Crippen LogP contribution in [0.25, 0.3) is 0 Å². The van der Waals surface area contributed by atoms with Crippen LogP contribution in [0, 0.1) is 0 Å². The van der Waals surface area contributed by atoms with Crippen molar-refractivity contribution in [3.05, 3.63) is 0 Å². The number of halogens is 3. The Labute approximate surface area is 346 Å². The number of carbonyl (C=O) groups is 1. The molecule has 0 heterocycles. The molecule has 2 atom stereocenters. The molecule has 3 N–H and O–H groups in total. The normalized spacial score (nSPS) is 14.0. The summed E-state index contributed by atoms with van der Waals surface area (Å²) in [6.45, 7) is 33.5. The van der Waals surface area contributed by atoms with Crippen molar-refractivity contribution in [2.45, 2.75) is 175 Å². The highest BCUT2D eigenvalue weighted by atomic mass is 32.2. The Morgan fingerprint density at radius 1 is 0.759 bits per heavy atom. The average molecular weight is 901 g/mol. The summed E-state index contributed by atoms with van der Waals surface area (Å²) in [5, 5.41) is 21.6.